The number of nitrogens with zero attached hydrogens (tertiary/aromatic N) is 1. The van der Waals surface area contributed by atoms with Gasteiger partial charge in [0, 0.05) is 17.1 Å². The minimum Gasteiger partial charge on any atom is -0.504 e. The molecular formula is C18H18BrFN2O3. The summed E-state index contributed by atoms with van der Waals surface area (Å²) in [6.45, 7) is 0.352. The molecule has 0 atom stereocenters. The summed E-state index contributed by atoms with van der Waals surface area (Å²) in [6, 6.07) is 9.25. The van der Waals surface area contributed by atoms with Crippen LogP contribution >= 0.6 is 15.9 Å². The fourth-order valence-corrected chi connectivity index (χ4v) is 2.88. The van der Waals surface area contributed by atoms with Gasteiger partial charge in [0.05, 0.1) is 12.8 Å². The van der Waals surface area contributed by atoms with E-state index in [1.54, 1.807) is 23.1 Å². The van der Waals surface area contributed by atoms with Crippen LogP contribution in [0.2, 0.25) is 0 Å². The number of methoxy groups -OCH3 is 1. The molecule has 3 rings (SSSR count). The summed E-state index contributed by atoms with van der Waals surface area (Å²) < 4.78 is 19.7. The zero-order chi connectivity index (χ0) is 18.0. The summed E-state index contributed by atoms with van der Waals surface area (Å²) in [5.41, 5.74) is 0.968. The predicted molar refractivity (Wildman–Crippen MR) is 96.3 cm³/mol. The number of carbonyl (C=O) groups is 1. The number of aromatic hydroxyl groups is 1. The summed E-state index contributed by atoms with van der Waals surface area (Å²) in [7, 11) is 1.47. The molecular weight excluding hydrogens is 391 g/mol. The van der Waals surface area contributed by atoms with Crippen LogP contribution in [0.25, 0.3) is 0 Å². The highest BCUT2D eigenvalue weighted by molar-refractivity contribution is 9.10. The Bertz CT molecular complexity index is 796. The number of ether oxygens (including phenoxy) is 1. The highest BCUT2D eigenvalue weighted by atomic mass is 79.9. The van der Waals surface area contributed by atoms with Crippen molar-refractivity contribution in [2.45, 2.75) is 25.4 Å². The van der Waals surface area contributed by atoms with Crippen molar-refractivity contribution in [3.8, 4) is 11.5 Å². The van der Waals surface area contributed by atoms with Gasteiger partial charge >= 0.3 is 6.03 Å². The van der Waals surface area contributed by atoms with E-state index < -0.39 is 5.82 Å². The molecule has 5 nitrogen and oxygen atoms in total. The van der Waals surface area contributed by atoms with E-state index in [-0.39, 0.29) is 23.5 Å². The molecule has 0 heterocycles. The van der Waals surface area contributed by atoms with Crippen LogP contribution < -0.4 is 10.1 Å². The van der Waals surface area contributed by atoms with E-state index in [1.807, 2.05) is 0 Å². The zero-order valence-corrected chi connectivity index (χ0v) is 15.2. The number of carbonyl (C=O) groups excluding carboxylic acids is 1. The first-order chi connectivity index (χ1) is 12.0. The van der Waals surface area contributed by atoms with Crippen LogP contribution in [-0.4, -0.2) is 29.2 Å². The minimum atomic E-state index is -0.496. The van der Waals surface area contributed by atoms with Crippen molar-refractivity contribution in [1.82, 2.24) is 4.90 Å². The van der Waals surface area contributed by atoms with E-state index in [0.717, 1.165) is 18.4 Å². The highest BCUT2D eigenvalue weighted by Gasteiger charge is 2.33. The molecule has 0 aromatic heterocycles. The lowest BCUT2D eigenvalue weighted by atomic mass is 10.2. The largest absolute Gasteiger partial charge is 0.504 e. The average Bonchev–Trinajstić information content (AvgIpc) is 3.41. The van der Waals surface area contributed by atoms with Crippen molar-refractivity contribution in [3.63, 3.8) is 0 Å². The molecule has 132 valence electrons. The molecule has 0 bridgehead atoms. The van der Waals surface area contributed by atoms with E-state index >= 15 is 0 Å². The molecule has 0 spiro atoms. The number of anilines is 1. The summed E-state index contributed by atoms with van der Waals surface area (Å²) >= 11 is 3.19. The van der Waals surface area contributed by atoms with Gasteiger partial charge in [0.15, 0.2) is 11.5 Å². The van der Waals surface area contributed by atoms with Gasteiger partial charge < -0.3 is 20.1 Å². The van der Waals surface area contributed by atoms with Gasteiger partial charge in [0.25, 0.3) is 0 Å². The van der Waals surface area contributed by atoms with Gasteiger partial charge in [-0.2, -0.15) is 0 Å². The van der Waals surface area contributed by atoms with Crippen molar-refractivity contribution in [1.29, 1.82) is 0 Å². The summed E-state index contributed by atoms with van der Waals surface area (Å²) in [5.74, 6) is -0.0945. The van der Waals surface area contributed by atoms with Crippen molar-refractivity contribution < 1.29 is 19.0 Å². The Hall–Kier alpha value is -2.28. The van der Waals surface area contributed by atoms with Crippen molar-refractivity contribution in [3.05, 3.63) is 52.3 Å². The van der Waals surface area contributed by atoms with Gasteiger partial charge in [-0.05, 0) is 48.7 Å². The fraction of sp³-hybridized carbons (Fsp3) is 0.278. The number of nitrogens with one attached hydrogen (secondary N) is 1. The number of hydrogen-bond acceptors (Lipinski definition) is 3. The van der Waals surface area contributed by atoms with Crippen LogP contribution in [0.4, 0.5) is 14.9 Å². The first-order valence-corrected chi connectivity index (χ1v) is 8.66. The molecule has 1 aliphatic carbocycles. The van der Waals surface area contributed by atoms with Crippen LogP contribution in [0, 0.1) is 5.82 Å². The molecule has 0 aliphatic heterocycles. The Kier molecular flexibility index (Phi) is 5.13. The van der Waals surface area contributed by atoms with Crippen LogP contribution in [-0.2, 0) is 6.54 Å². The summed E-state index contributed by atoms with van der Waals surface area (Å²) in [6.07, 6.45) is 1.84. The lowest BCUT2D eigenvalue weighted by Gasteiger charge is -2.23. The fourth-order valence-electron chi connectivity index (χ4n) is 2.55. The van der Waals surface area contributed by atoms with Gasteiger partial charge in [0.1, 0.15) is 5.82 Å². The maximum Gasteiger partial charge on any atom is 0.322 e. The van der Waals surface area contributed by atoms with Crippen molar-refractivity contribution >= 4 is 27.6 Å². The van der Waals surface area contributed by atoms with Gasteiger partial charge in [0.2, 0.25) is 0 Å². The van der Waals surface area contributed by atoms with Gasteiger partial charge in [-0.3, -0.25) is 0 Å². The monoisotopic (exact) mass is 408 g/mol. The smallest absolute Gasteiger partial charge is 0.322 e. The number of phenols is 1. The Morgan fingerprint density at radius 1 is 1.36 bits per heavy atom. The molecule has 0 saturated heterocycles. The molecule has 1 saturated carbocycles. The van der Waals surface area contributed by atoms with Crippen molar-refractivity contribution in [2.24, 2.45) is 0 Å². The van der Waals surface area contributed by atoms with E-state index in [2.05, 4.69) is 21.2 Å². The third-order valence-corrected chi connectivity index (χ3v) is 4.51. The van der Waals surface area contributed by atoms with Gasteiger partial charge in [-0.15, -0.1) is 0 Å². The second-order valence-electron chi connectivity index (χ2n) is 5.92. The summed E-state index contributed by atoms with van der Waals surface area (Å²) in [4.78, 5) is 14.3. The average molecular weight is 409 g/mol. The predicted octanol–water partition coefficient (Wildman–Crippen LogP) is 4.50. The number of hydrogen-bond donors (Lipinski definition) is 2. The number of halogens is 2. The number of rotatable bonds is 5. The molecule has 1 aliphatic rings. The standard InChI is InChI=1S/C18H18BrFN2O3/c1-25-17-8-11(2-7-16(17)23)10-22(13-4-5-13)18(24)21-15-6-3-12(19)9-14(15)20/h2-3,6-9,13,23H,4-5,10H2,1H3,(H,21,24). The lowest BCUT2D eigenvalue weighted by Crippen LogP contribution is -2.36. The zero-order valence-electron chi connectivity index (χ0n) is 13.6. The highest BCUT2D eigenvalue weighted by Crippen LogP contribution is 2.32. The third-order valence-electron chi connectivity index (χ3n) is 4.02. The van der Waals surface area contributed by atoms with Crippen LogP contribution in [0.15, 0.2) is 40.9 Å². The Balaban J connectivity index is 1.75. The maximum absolute atomic E-state index is 14.0. The van der Waals surface area contributed by atoms with Crippen LogP contribution in [0.5, 0.6) is 11.5 Å². The second-order valence-corrected chi connectivity index (χ2v) is 6.84. The summed E-state index contributed by atoms with van der Waals surface area (Å²) in [5, 5.41) is 12.3. The van der Waals surface area contributed by atoms with Gasteiger partial charge in [-0.1, -0.05) is 22.0 Å². The Morgan fingerprint density at radius 3 is 2.76 bits per heavy atom. The topological polar surface area (TPSA) is 61.8 Å². The molecule has 0 unspecified atom stereocenters. The number of urea groups is 1. The van der Waals surface area contributed by atoms with Gasteiger partial charge in [-0.25, -0.2) is 9.18 Å². The molecule has 2 aromatic carbocycles. The lowest BCUT2D eigenvalue weighted by molar-refractivity contribution is 0.206. The molecule has 0 radical (unpaired) electrons. The SMILES string of the molecule is COc1cc(CN(C(=O)Nc2ccc(Br)cc2F)C2CC2)ccc1O. The van der Waals surface area contributed by atoms with Crippen LogP contribution in [0.1, 0.15) is 18.4 Å². The normalized spacial score (nSPS) is 13.4. The number of benzene rings is 2. The quantitative estimate of drug-likeness (QED) is 0.765. The van der Waals surface area contributed by atoms with Crippen molar-refractivity contribution in [2.75, 3.05) is 12.4 Å². The van der Waals surface area contributed by atoms with Crippen LogP contribution in [0.3, 0.4) is 0 Å². The second kappa shape index (κ2) is 7.31. The number of phenolic OH excluding ortho intramolecular Hbond substituents is 1. The first-order valence-electron chi connectivity index (χ1n) is 7.86. The van der Waals surface area contributed by atoms with E-state index in [4.69, 9.17) is 4.74 Å². The third kappa shape index (κ3) is 4.22. The molecule has 2 amide bonds. The Morgan fingerprint density at radius 2 is 2.12 bits per heavy atom. The molecule has 7 heteroatoms. The first kappa shape index (κ1) is 17.5. The van der Waals surface area contributed by atoms with E-state index in [1.165, 1.54) is 25.3 Å². The van der Waals surface area contributed by atoms with E-state index in [0.29, 0.717) is 16.8 Å². The molecule has 2 N–H and O–H groups in total. The number of amides is 2. The minimum absolute atomic E-state index is 0.0469. The molecule has 2 aromatic rings. The Labute approximate surface area is 153 Å². The van der Waals surface area contributed by atoms with E-state index in [9.17, 15) is 14.3 Å². The molecule has 25 heavy (non-hydrogen) atoms. The molecule has 1 fully saturated rings. The maximum atomic E-state index is 14.0.